The van der Waals surface area contributed by atoms with Crippen LogP contribution in [0, 0.1) is 6.92 Å². The molecular formula is C26H30N2O4S. The number of ether oxygens (including phenoxy) is 1. The van der Waals surface area contributed by atoms with Crippen molar-refractivity contribution < 1.29 is 17.9 Å². The molecule has 1 atom stereocenters. The van der Waals surface area contributed by atoms with E-state index in [-0.39, 0.29) is 24.9 Å². The number of nitrogens with one attached hydrogen (secondary N) is 1. The fourth-order valence-electron chi connectivity index (χ4n) is 3.68. The van der Waals surface area contributed by atoms with E-state index in [4.69, 9.17) is 4.74 Å². The number of sulfonamides is 1. The first-order valence-corrected chi connectivity index (χ1v) is 12.7. The smallest absolute Gasteiger partial charge is 0.232 e. The minimum absolute atomic E-state index is 0.141. The number of carbonyl (C=O) groups excluding carboxylic acids is 1. The summed E-state index contributed by atoms with van der Waals surface area (Å²) in [5.41, 5.74) is 3.59. The van der Waals surface area contributed by atoms with E-state index in [1.54, 1.807) is 24.3 Å². The summed E-state index contributed by atoms with van der Waals surface area (Å²) >= 11 is 0. The predicted molar refractivity (Wildman–Crippen MR) is 132 cm³/mol. The Bertz CT molecular complexity index is 1160. The number of nitrogens with zero attached hydrogens (tertiary/aromatic N) is 1. The van der Waals surface area contributed by atoms with Crippen LogP contribution in [0.1, 0.15) is 35.6 Å². The zero-order valence-corrected chi connectivity index (χ0v) is 20.0. The van der Waals surface area contributed by atoms with Gasteiger partial charge in [-0.3, -0.25) is 9.10 Å². The Morgan fingerprint density at radius 1 is 0.939 bits per heavy atom. The summed E-state index contributed by atoms with van der Waals surface area (Å²) in [5, 5.41) is 3.11. The molecule has 0 radical (unpaired) electrons. The van der Waals surface area contributed by atoms with Gasteiger partial charge >= 0.3 is 0 Å². The first-order valence-electron chi connectivity index (χ1n) is 10.8. The lowest BCUT2D eigenvalue weighted by molar-refractivity contribution is -0.121. The minimum atomic E-state index is -3.54. The van der Waals surface area contributed by atoms with E-state index in [1.807, 2.05) is 61.5 Å². The summed E-state index contributed by atoms with van der Waals surface area (Å²) in [6.07, 6.45) is 1.71. The van der Waals surface area contributed by atoms with Gasteiger partial charge in [-0.1, -0.05) is 72.3 Å². The number of aryl methyl sites for hydroxylation is 1. The highest BCUT2D eigenvalue weighted by Gasteiger charge is 2.22. The second-order valence-corrected chi connectivity index (χ2v) is 9.84. The molecule has 3 rings (SSSR count). The number of para-hydroxylation sites is 2. The number of rotatable bonds is 10. The van der Waals surface area contributed by atoms with Crippen LogP contribution in [0.4, 0.5) is 5.69 Å². The lowest BCUT2D eigenvalue weighted by Gasteiger charge is -2.24. The maximum atomic E-state index is 12.9. The van der Waals surface area contributed by atoms with E-state index in [9.17, 15) is 13.2 Å². The van der Waals surface area contributed by atoms with E-state index < -0.39 is 10.0 Å². The van der Waals surface area contributed by atoms with Gasteiger partial charge in [0.25, 0.3) is 0 Å². The van der Waals surface area contributed by atoms with E-state index in [0.29, 0.717) is 17.9 Å². The van der Waals surface area contributed by atoms with Gasteiger partial charge in [0.05, 0.1) is 25.1 Å². The molecule has 33 heavy (non-hydrogen) atoms. The van der Waals surface area contributed by atoms with Gasteiger partial charge in [-0.2, -0.15) is 0 Å². The fourth-order valence-corrected chi connectivity index (χ4v) is 4.65. The molecule has 0 saturated carbocycles. The highest BCUT2D eigenvalue weighted by Crippen LogP contribution is 2.30. The van der Waals surface area contributed by atoms with Crippen LogP contribution in [0.25, 0.3) is 0 Å². The van der Waals surface area contributed by atoms with Crippen LogP contribution < -0.4 is 14.4 Å². The number of carbonyl (C=O) groups is 1. The van der Waals surface area contributed by atoms with Crippen molar-refractivity contribution in [3.63, 3.8) is 0 Å². The highest BCUT2D eigenvalue weighted by atomic mass is 32.2. The molecule has 1 N–H and O–H groups in total. The zero-order chi connectivity index (χ0) is 23.8. The van der Waals surface area contributed by atoms with Crippen LogP contribution in [0.2, 0.25) is 0 Å². The van der Waals surface area contributed by atoms with Gasteiger partial charge in [-0.15, -0.1) is 0 Å². The first-order chi connectivity index (χ1) is 15.8. The molecule has 7 heteroatoms. The second kappa shape index (κ2) is 11.0. The van der Waals surface area contributed by atoms with Gasteiger partial charge in [0, 0.05) is 13.0 Å². The third-order valence-electron chi connectivity index (χ3n) is 5.37. The topological polar surface area (TPSA) is 75.7 Å². The molecule has 0 spiro atoms. The van der Waals surface area contributed by atoms with Crippen molar-refractivity contribution in [2.24, 2.45) is 0 Å². The molecule has 0 aliphatic carbocycles. The van der Waals surface area contributed by atoms with Gasteiger partial charge in [0.15, 0.2) is 0 Å². The van der Waals surface area contributed by atoms with Crippen molar-refractivity contribution in [3.8, 4) is 5.75 Å². The lowest BCUT2D eigenvalue weighted by atomic mass is 9.97. The third kappa shape index (κ3) is 6.58. The predicted octanol–water partition coefficient (Wildman–Crippen LogP) is 4.46. The van der Waals surface area contributed by atoms with E-state index in [1.165, 1.54) is 11.4 Å². The third-order valence-corrected chi connectivity index (χ3v) is 6.55. The molecule has 0 bridgehead atoms. The molecule has 6 nitrogen and oxygen atoms in total. The van der Waals surface area contributed by atoms with Crippen molar-refractivity contribution in [2.75, 3.05) is 24.2 Å². The number of hydrogen-bond acceptors (Lipinski definition) is 4. The van der Waals surface area contributed by atoms with Crippen LogP contribution in [-0.2, 0) is 14.8 Å². The molecular weight excluding hydrogens is 436 g/mol. The molecule has 174 valence electrons. The number of methoxy groups -OCH3 is 1. The van der Waals surface area contributed by atoms with E-state index >= 15 is 0 Å². The monoisotopic (exact) mass is 466 g/mol. The fraction of sp³-hybridized carbons (Fsp3) is 0.269. The summed E-state index contributed by atoms with van der Waals surface area (Å²) in [6, 6.07) is 24.5. The van der Waals surface area contributed by atoms with Gasteiger partial charge < -0.3 is 10.1 Å². The average molecular weight is 467 g/mol. The average Bonchev–Trinajstić information content (AvgIpc) is 2.81. The highest BCUT2D eigenvalue weighted by molar-refractivity contribution is 7.92. The first kappa shape index (κ1) is 24.3. The van der Waals surface area contributed by atoms with Crippen molar-refractivity contribution in [1.82, 2.24) is 5.32 Å². The van der Waals surface area contributed by atoms with Crippen LogP contribution in [-0.4, -0.2) is 34.2 Å². The molecule has 0 saturated heterocycles. The normalized spacial score (nSPS) is 12.1. The molecule has 0 fully saturated rings. The Kier molecular flexibility index (Phi) is 8.11. The van der Waals surface area contributed by atoms with Gasteiger partial charge in [0.2, 0.25) is 15.9 Å². The number of hydrogen-bond donors (Lipinski definition) is 1. The van der Waals surface area contributed by atoms with Crippen LogP contribution in [0.5, 0.6) is 5.75 Å². The van der Waals surface area contributed by atoms with E-state index in [2.05, 4.69) is 5.32 Å². The molecule has 0 aromatic heterocycles. The van der Waals surface area contributed by atoms with Crippen molar-refractivity contribution in [2.45, 2.75) is 25.8 Å². The van der Waals surface area contributed by atoms with Gasteiger partial charge in [-0.25, -0.2) is 8.42 Å². The Morgan fingerprint density at radius 3 is 2.18 bits per heavy atom. The quantitative estimate of drug-likeness (QED) is 0.479. The summed E-state index contributed by atoms with van der Waals surface area (Å²) in [7, 11) is -2.04. The maximum absolute atomic E-state index is 12.9. The molecule has 0 aliphatic rings. The Balaban J connectivity index is 1.71. The summed E-state index contributed by atoms with van der Waals surface area (Å²) in [4.78, 5) is 12.9. The van der Waals surface area contributed by atoms with E-state index in [0.717, 1.165) is 22.9 Å². The number of anilines is 1. The second-order valence-electron chi connectivity index (χ2n) is 7.93. The SMILES string of the molecule is COc1ccccc1N(CCCC(=O)NC(c1ccccc1)c1ccc(C)cc1)S(C)(=O)=O. The summed E-state index contributed by atoms with van der Waals surface area (Å²) < 4.78 is 31.4. The van der Waals surface area contributed by atoms with Gasteiger partial charge in [-0.05, 0) is 36.6 Å². The van der Waals surface area contributed by atoms with Gasteiger partial charge in [0.1, 0.15) is 5.75 Å². The zero-order valence-electron chi connectivity index (χ0n) is 19.2. The van der Waals surface area contributed by atoms with Crippen molar-refractivity contribution in [3.05, 3.63) is 95.6 Å². The van der Waals surface area contributed by atoms with Crippen LogP contribution in [0.3, 0.4) is 0 Å². The lowest BCUT2D eigenvalue weighted by Crippen LogP contribution is -2.33. The Morgan fingerprint density at radius 2 is 1.55 bits per heavy atom. The largest absolute Gasteiger partial charge is 0.495 e. The van der Waals surface area contributed by atoms with Crippen LogP contribution in [0.15, 0.2) is 78.9 Å². The number of benzene rings is 3. The molecule has 1 unspecified atom stereocenters. The van der Waals surface area contributed by atoms with Crippen molar-refractivity contribution >= 4 is 21.6 Å². The van der Waals surface area contributed by atoms with Crippen LogP contribution >= 0.6 is 0 Å². The maximum Gasteiger partial charge on any atom is 0.232 e. The molecule has 1 amide bonds. The molecule has 0 aliphatic heterocycles. The molecule has 0 heterocycles. The number of amides is 1. The molecule has 3 aromatic carbocycles. The Hall–Kier alpha value is -3.32. The molecule has 3 aromatic rings. The summed E-state index contributed by atoms with van der Waals surface area (Å²) in [6.45, 7) is 2.20. The standard InChI is InChI=1S/C26H30N2O4S/c1-20-15-17-22(18-16-20)26(21-10-5-4-6-11-21)27-25(29)14-9-19-28(33(3,30)31)23-12-7-8-13-24(23)32-2/h4-8,10-13,15-18,26H,9,14,19H2,1-3H3,(H,27,29). The Labute approximate surface area is 196 Å². The summed E-state index contributed by atoms with van der Waals surface area (Å²) in [5.74, 6) is 0.328. The minimum Gasteiger partial charge on any atom is -0.495 e. The van der Waals surface area contributed by atoms with Crippen molar-refractivity contribution in [1.29, 1.82) is 0 Å².